The number of amides is 1. The van der Waals surface area contributed by atoms with Crippen LogP contribution in [0.3, 0.4) is 0 Å². The van der Waals surface area contributed by atoms with Crippen LogP contribution in [0.15, 0.2) is 42.5 Å². The molecule has 0 N–H and O–H groups in total. The molecule has 0 bridgehead atoms. The van der Waals surface area contributed by atoms with Crippen molar-refractivity contribution in [3.8, 4) is 0 Å². The summed E-state index contributed by atoms with van der Waals surface area (Å²) in [5.74, 6) is -0.446. The van der Waals surface area contributed by atoms with Gasteiger partial charge in [-0.2, -0.15) is 0 Å². The third-order valence-corrected chi connectivity index (χ3v) is 9.02. The monoisotopic (exact) mass is 529 g/mol. The van der Waals surface area contributed by atoms with Gasteiger partial charge in [-0.15, -0.1) is 0 Å². The lowest BCUT2D eigenvalue weighted by Gasteiger charge is -2.39. The van der Waals surface area contributed by atoms with Crippen molar-refractivity contribution in [3.63, 3.8) is 0 Å². The molecule has 2 aliphatic rings. The minimum Gasteiger partial charge on any atom is -0.368 e. The van der Waals surface area contributed by atoms with E-state index in [1.165, 1.54) is 4.31 Å². The van der Waals surface area contributed by atoms with Gasteiger partial charge in [-0.25, -0.2) is 12.7 Å². The number of carbonyl (C=O) groups excluding carboxylic acids is 1. The van der Waals surface area contributed by atoms with E-state index < -0.39 is 10.0 Å². The number of hydrogen-bond donors (Lipinski definition) is 0. The number of piperazine rings is 1. The molecule has 0 spiro atoms. The molecule has 0 aromatic heterocycles. The highest BCUT2D eigenvalue weighted by atomic mass is 35.5. The summed E-state index contributed by atoms with van der Waals surface area (Å²) >= 11 is 18.1. The lowest BCUT2D eigenvalue weighted by molar-refractivity contribution is -0.137. The standard InChI is InChI=1S/C23H26Cl3N3O3S/c24-19-4-1-5-20(14-19)27-9-11-28(12-10-27)23(30)18-3-2-8-29(15-18)33(31,32)16-17-6-7-21(25)22(26)13-17/h1,4-7,13-14,18H,2-3,8-12,15-16H2/t18-/m0/s1. The second-order valence-electron chi connectivity index (χ2n) is 8.49. The van der Waals surface area contributed by atoms with Gasteiger partial charge < -0.3 is 9.80 Å². The fraction of sp³-hybridized carbons (Fsp3) is 0.435. The zero-order chi connectivity index (χ0) is 23.6. The van der Waals surface area contributed by atoms with E-state index in [-0.39, 0.29) is 24.1 Å². The highest BCUT2D eigenvalue weighted by molar-refractivity contribution is 7.88. The summed E-state index contributed by atoms with van der Waals surface area (Å²) in [4.78, 5) is 17.3. The number of halogens is 3. The Morgan fingerprint density at radius 2 is 1.70 bits per heavy atom. The molecule has 1 amide bonds. The van der Waals surface area contributed by atoms with Gasteiger partial charge in [0.05, 0.1) is 21.7 Å². The number of anilines is 1. The first-order valence-electron chi connectivity index (χ1n) is 10.9. The van der Waals surface area contributed by atoms with E-state index in [4.69, 9.17) is 34.8 Å². The van der Waals surface area contributed by atoms with E-state index in [1.54, 1.807) is 18.2 Å². The summed E-state index contributed by atoms with van der Waals surface area (Å²) in [5, 5.41) is 1.40. The molecule has 33 heavy (non-hydrogen) atoms. The quantitative estimate of drug-likeness (QED) is 0.570. The number of rotatable bonds is 5. The van der Waals surface area contributed by atoms with E-state index in [0.717, 1.165) is 18.8 Å². The maximum Gasteiger partial charge on any atom is 0.227 e. The van der Waals surface area contributed by atoms with Gasteiger partial charge >= 0.3 is 0 Å². The predicted molar refractivity (Wildman–Crippen MR) is 134 cm³/mol. The Hall–Kier alpha value is -1.51. The first-order chi connectivity index (χ1) is 15.7. The number of piperidine rings is 1. The molecule has 10 heteroatoms. The lowest BCUT2D eigenvalue weighted by Crippen LogP contribution is -2.53. The first kappa shape index (κ1) is 24.6. The zero-order valence-electron chi connectivity index (χ0n) is 18.1. The van der Waals surface area contributed by atoms with Crippen LogP contribution in [0.5, 0.6) is 0 Å². The van der Waals surface area contributed by atoms with Crippen molar-refractivity contribution >= 4 is 56.4 Å². The lowest BCUT2D eigenvalue weighted by atomic mass is 9.97. The van der Waals surface area contributed by atoms with Crippen LogP contribution in [-0.2, 0) is 20.6 Å². The first-order valence-corrected chi connectivity index (χ1v) is 13.7. The summed E-state index contributed by atoms with van der Waals surface area (Å²) < 4.78 is 27.5. The second kappa shape index (κ2) is 10.4. The summed E-state index contributed by atoms with van der Waals surface area (Å²) in [6, 6.07) is 12.5. The molecule has 2 heterocycles. The van der Waals surface area contributed by atoms with Crippen LogP contribution in [0.25, 0.3) is 0 Å². The van der Waals surface area contributed by atoms with Gasteiger partial charge in [0.1, 0.15) is 0 Å². The second-order valence-corrected chi connectivity index (χ2v) is 11.7. The van der Waals surface area contributed by atoms with Crippen molar-refractivity contribution in [2.24, 2.45) is 5.92 Å². The SMILES string of the molecule is O=C([C@H]1CCCN(S(=O)(=O)Cc2ccc(Cl)c(Cl)c2)C1)N1CCN(c2cccc(Cl)c2)CC1. The van der Waals surface area contributed by atoms with Crippen LogP contribution in [0.1, 0.15) is 18.4 Å². The highest BCUT2D eigenvalue weighted by Gasteiger charge is 2.35. The van der Waals surface area contributed by atoms with Crippen molar-refractivity contribution in [1.82, 2.24) is 9.21 Å². The molecule has 0 saturated carbocycles. The summed E-state index contributed by atoms with van der Waals surface area (Å²) in [7, 11) is -3.57. The normalized spacial score (nSPS) is 20.2. The molecule has 0 aliphatic carbocycles. The molecular weight excluding hydrogens is 505 g/mol. The average molecular weight is 531 g/mol. The molecule has 0 radical (unpaired) electrons. The Morgan fingerprint density at radius 1 is 0.939 bits per heavy atom. The topological polar surface area (TPSA) is 60.9 Å². The fourth-order valence-electron chi connectivity index (χ4n) is 4.44. The summed E-state index contributed by atoms with van der Waals surface area (Å²) in [5.41, 5.74) is 1.63. The molecule has 2 aromatic carbocycles. The Balaban J connectivity index is 1.36. The Kier molecular flexibility index (Phi) is 7.76. The van der Waals surface area contributed by atoms with Gasteiger partial charge in [0.15, 0.2) is 0 Å². The fourth-order valence-corrected chi connectivity index (χ4v) is 6.55. The molecule has 6 nitrogen and oxygen atoms in total. The van der Waals surface area contributed by atoms with Crippen LogP contribution >= 0.6 is 34.8 Å². The van der Waals surface area contributed by atoms with Crippen LogP contribution in [0, 0.1) is 5.92 Å². The number of benzene rings is 2. The molecule has 4 rings (SSSR count). The molecule has 0 unspecified atom stereocenters. The smallest absolute Gasteiger partial charge is 0.227 e. The van der Waals surface area contributed by atoms with Crippen LogP contribution < -0.4 is 4.90 Å². The highest BCUT2D eigenvalue weighted by Crippen LogP contribution is 2.27. The Labute approximate surface area is 210 Å². The largest absolute Gasteiger partial charge is 0.368 e. The van der Waals surface area contributed by atoms with Crippen LogP contribution in [0.2, 0.25) is 15.1 Å². The number of carbonyl (C=O) groups is 1. The summed E-state index contributed by atoms with van der Waals surface area (Å²) in [6.07, 6.45) is 1.37. The molecule has 1 atom stereocenters. The third-order valence-electron chi connectivity index (χ3n) is 6.22. The molecule has 2 fully saturated rings. The number of sulfonamides is 1. The maximum absolute atomic E-state index is 13.2. The van der Waals surface area contributed by atoms with Gasteiger partial charge in [-0.05, 0) is 48.7 Å². The minimum atomic E-state index is -3.57. The van der Waals surface area contributed by atoms with Crippen molar-refractivity contribution in [3.05, 3.63) is 63.1 Å². The van der Waals surface area contributed by atoms with Crippen molar-refractivity contribution in [1.29, 1.82) is 0 Å². The number of hydrogen-bond acceptors (Lipinski definition) is 4. The zero-order valence-corrected chi connectivity index (χ0v) is 21.2. The number of nitrogens with zero attached hydrogens (tertiary/aromatic N) is 3. The Bertz CT molecular complexity index is 1120. The van der Waals surface area contributed by atoms with Crippen LogP contribution in [-0.4, -0.2) is 62.8 Å². The van der Waals surface area contributed by atoms with Gasteiger partial charge in [-0.3, -0.25) is 4.79 Å². The van der Waals surface area contributed by atoms with Gasteiger partial charge in [0, 0.05) is 50.0 Å². The van der Waals surface area contributed by atoms with Crippen LogP contribution in [0.4, 0.5) is 5.69 Å². The van der Waals surface area contributed by atoms with E-state index in [9.17, 15) is 13.2 Å². The van der Waals surface area contributed by atoms with Crippen molar-refractivity contribution in [2.45, 2.75) is 18.6 Å². The predicted octanol–water partition coefficient (Wildman–Crippen LogP) is 4.54. The molecule has 2 saturated heterocycles. The minimum absolute atomic E-state index is 0.0372. The molecule has 2 aromatic rings. The van der Waals surface area contributed by atoms with Crippen molar-refractivity contribution in [2.75, 3.05) is 44.2 Å². The van der Waals surface area contributed by atoms with E-state index in [0.29, 0.717) is 53.1 Å². The Morgan fingerprint density at radius 3 is 2.39 bits per heavy atom. The van der Waals surface area contributed by atoms with Gasteiger partial charge in [0.25, 0.3) is 0 Å². The molecular formula is C23H26Cl3N3O3S. The third kappa shape index (κ3) is 5.95. The average Bonchev–Trinajstić information content (AvgIpc) is 2.81. The van der Waals surface area contributed by atoms with Crippen molar-refractivity contribution < 1.29 is 13.2 Å². The van der Waals surface area contributed by atoms with E-state index in [1.807, 2.05) is 29.2 Å². The van der Waals surface area contributed by atoms with Gasteiger partial charge in [0.2, 0.25) is 15.9 Å². The molecule has 178 valence electrons. The maximum atomic E-state index is 13.2. The van der Waals surface area contributed by atoms with E-state index in [2.05, 4.69) is 4.90 Å². The summed E-state index contributed by atoms with van der Waals surface area (Å²) in [6.45, 7) is 3.30. The van der Waals surface area contributed by atoms with Gasteiger partial charge in [-0.1, -0.05) is 46.9 Å². The molecule has 2 aliphatic heterocycles. The van der Waals surface area contributed by atoms with E-state index >= 15 is 0 Å².